The van der Waals surface area contributed by atoms with E-state index in [-0.39, 0.29) is 12.1 Å². The van der Waals surface area contributed by atoms with Crippen LogP contribution >= 0.6 is 0 Å². The molecule has 0 saturated carbocycles. The molecule has 0 fully saturated rings. The quantitative estimate of drug-likeness (QED) is 0.918. The van der Waals surface area contributed by atoms with Gasteiger partial charge in [-0.1, -0.05) is 6.07 Å². The van der Waals surface area contributed by atoms with Crippen LogP contribution in [-0.4, -0.2) is 4.98 Å². The number of hydrogen-bond donors (Lipinski definition) is 1. The fourth-order valence-electron chi connectivity index (χ4n) is 2.08. The SMILES string of the molecule is CC(NC(C)c1ccc(F)cc1F)c1cncc(F)c1. The molecule has 0 aliphatic rings. The van der Waals surface area contributed by atoms with Crippen LogP contribution in [0.1, 0.15) is 37.1 Å². The van der Waals surface area contributed by atoms with E-state index in [0.717, 1.165) is 12.3 Å². The summed E-state index contributed by atoms with van der Waals surface area (Å²) in [4.78, 5) is 3.78. The molecule has 2 unspecified atom stereocenters. The molecule has 1 heterocycles. The van der Waals surface area contributed by atoms with Gasteiger partial charge in [-0.3, -0.25) is 4.98 Å². The Labute approximate surface area is 115 Å². The number of halogens is 3. The Morgan fingerprint density at radius 2 is 1.70 bits per heavy atom. The zero-order chi connectivity index (χ0) is 14.7. The van der Waals surface area contributed by atoms with E-state index in [0.29, 0.717) is 11.1 Å². The molecule has 1 N–H and O–H groups in total. The van der Waals surface area contributed by atoms with Crippen molar-refractivity contribution in [2.24, 2.45) is 0 Å². The summed E-state index contributed by atoms with van der Waals surface area (Å²) in [5, 5.41) is 3.13. The zero-order valence-electron chi connectivity index (χ0n) is 11.2. The lowest BCUT2D eigenvalue weighted by Crippen LogP contribution is -2.23. The zero-order valence-corrected chi connectivity index (χ0v) is 11.2. The van der Waals surface area contributed by atoms with E-state index < -0.39 is 17.5 Å². The lowest BCUT2D eigenvalue weighted by Gasteiger charge is -2.21. The fourth-order valence-corrected chi connectivity index (χ4v) is 2.08. The van der Waals surface area contributed by atoms with E-state index in [4.69, 9.17) is 0 Å². The molecule has 0 radical (unpaired) electrons. The first-order valence-electron chi connectivity index (χ1n) is 6.29. The Hall–Kier alpha value is -1.88. The molecule has 1 aromatic heterocycles. The molecule has 0 saturated heterocycles. The van der Waals surface area contributed by atoms with Crippen LogP contribution < -0.4 is 5.32 Å². The highest BCUT2D eigenvalue weighted by Crippen LogP contribution is 2.22. The maximum atomic E-state index is 13.7. The predicted molar refractivity (Wildman–Crippen MR) is 70.5 cm³/mol. The molecule has 0 aliphatic heterocycles. The third-order valence-corrected chi connectivity index (χ3v) is 3.16. The van der Waals surface area contributed by atoms with Crippen molar-refractivity contribution in [1.82, 2.24) is 10.3 Å². The normalized spacial score (nSPS) is 14.1. The molecule has 0 spiro atoms. The highest BCUT2D eigenvalue weighted by Gasteiger charge is 2.15. The monoisotopic (exact) mass is 280 g/mol. The molecule has 2 rings (SSSR count). The Kier molecular flexibility index (Phi) is 4.39. The van der Waals surface area contributed by atoms with Gasteiger partial charge < -0.3 is 5.32 Å². The number of aromatic nitrogens is 1. The van der Waals surface area contributed by atoms with Gasteiger partial charge in [0.25, 0.3) is 0 Å². The summed E-state index contributed by atoms with van der Waals surface area (Å²) < 4.78 is 39.6. The van der Waals surface area contributed by atoms with E-state index in [1.54, 1.807) is 13.1 Å². The van der Waals surface area contributed by atoms with Crippen LogP contribution in [-0.2, 0) is 0 Å². The highest BCUT2D eigenvalue weighted by atomic mass is 19.1. The first kappa shape index (κ1) is 14.5. The van der Waals surface area contributed by atoms with E-state index in [2.05, 4.69) is 10.3 Å². The van der Waals surface area contributed by atoms with Gasteiger partial charge in [0.1, 0.15) is 17.5 Å². The number of rotatable bonds is 4. The van der Waals surface area contributed by atoms with Crippen molar-refractivity contribution in [3.63, 3.8) is 0 Å². The first-order valence-corrected chi connectivity index (χ1v) is 6.29. The second-order valence-electron chi connectivity index (χ2n) is 4.71. The Morgan fingerprint density at radius 1 is 0.950 bits per heavy atom. The van der Waals surface area contributed by atoms with E-state index in [9.17, 15) is 13.2 Å². The van der Waals surface area contributed by atoms with Gasteiger partial charge in [-0.2, -0.15) is 0 Å². The van der Waals surface area contributed by atoms with E-state index in [1.165, 1.54) is 18.2 Å². The Bertz CT molecular complexity index is 601. The van der Waals surface area contributed by atoms with Gasteiger partial charge in [-0.25, -0.2) is 13.2 Å². The maximum absolute atomic E-state index is 13.7. The summed E-state index contributed by atoms with van der Waals surface area (Å²) >= 11 is 0. The maximum Gasteiger partial charge on any atom is 0.141 e. The number of nitrogens with zero attached hydrogens (tertiary/aromatic N) is 1. The van der Waals surface area contributed by atoms with Gasteiger partial charge in [0.05, 0.1) is 6.20 Å². The van der Waals surface area contributed by atoms with Crippen molar-refractivity contribution in [2.45, 2.75) is 25.9 Å². The Morgan fingerprint density at radius 3 is 2.35 bits per heavy atom. The average Bonchev–Trinajstić information content (AvgIpc) is 2.38. The van der Waals surface area contributed by atoms with Gasteiger partial charge in [-0.05, 0) is 31.5 Å². The first-order chi connectivity index (χ1) is 9.47. The van der Waals surface area contributed by atoms with Crippen molar-refractivity contribution in [3.8, 4) is 0 Å². The smallest absolute Gasteiger partial charge is 0.141 e. The van der Waals surface area contributed by atoms with Crippen LogP contribution in [0.4, 0.5) is 13.2 Å². The van der Waals surface area contributed by atoms with Crippen LogP contribution in [0.5, 0.6) is 0 Å². The molecule has 106 valence electrons. The standard InChI is InChI=1S/C15H15F3N2/c1-9(11-5-13(17)8-19-7-11)20-10(2)14-4-3-12(16)6-15(14)18/h3-10,20H,1-2H3. The molecule has 2 aromatic rings. The van der Waals surface area contributed by atoms with Crippen LogP contribution in [0.15, 0.2) is 36.7 Å². The molecule has 2 nitrogen and oxygen atoms in total. The van der Waals surface area contributed by atoms with Crippen LogP contribution in [0.2, 0.25) is 0 Å². The van der Waals surface area contributed by atoms with Crippen molar-refractivity contribution in [3.05, 3.63) is 65.2 Å². The molecule has 5 heteroatoms. The summed E-state index contributed by atoms with van der Waals surface area (Å²) in [7, 11) is 0. The van der Waals surface area contributed by atoms with E-state index >= 15 is 0 Å². The number of pyridine rings is 1. The van der Waals surface area contributed by atoms with Gasteiger partial charge >= 0.3 is 0 Å². The summed E-state index contributed by atoms with van der Waals surface area (Å²) in [6, 6.07) is 4.29. The Balaban J connectivity index is 2.12. The minimum atomic E-state index is -0.610. The van der Waals surface area contributed by atoms with Crippen LogP contribution in [0.3, 0.4) is 0 Å². The van der Waals surface area contributed by atoms with Crippen LogP contribution in [0.25, 0.3) is 0 Å². The molecule has 0 aliphatic carbocycles. The van der Waals surface area contributed by atoms with Crippen molar-refractivity contribution >= 4 is 0 Å². The summed E-state index contributed by atoms with van der Waals surface area (Å²) in [5.74, 6) is -1.63. The van der Waals surface area contributed by atoms with Gasteiger partial charge in [-0.15, -0.1) is 0 Å². The minimum absolute atomic E-state index is 0.211. The molecule has 2 atom stereocenters. The van der Waals surface area contributed by atoms with Crippen LogP contribution in [0, 0.1) is 17.5 Å². The lowest BCUT2D eigenvalue weighted by molar-refractivity contribution is 0.467. The molecule has 1 aromatic carbocycles. The largest absolute Gasteiger partial charge is 0.303 e. The van der Waals surface area contributed by atoms with E-state index in [1.807, 2.05) is 6.92 Å². The van der Waals surface area contributed by atoms with Gasteiger partial charge in [0.15, 0.2) is 0 Å². The average molecular weight is 280 g/mol. The minimum Gasteiger partial charge on any atom is -0.303 e. The lowest BCUT2D eigenvalue weighted by atomic mass is 10.0. The topological polar surface area (TPSA) is 24.9 Å². The fraction of sp³-hybridized carbons (Fsp3) is 0.267. The second-order valence-corrected chi connectivity index (χ2v) is 4.71. The molecule has 0 bridgehead atoms. The molecular formula is C15H15F3N2. The van der Waals surface area contributed by atoms with Gasteiger partial charge in [0.2, 0.25) is 0 Å². The van der Waals surface area contributed by atoms with Crippen molar-refractivity contribution in [2.75, 3.05) is 0 Å². The van der Waals surface area contributed by atoms with Crippen molar-refractivity contribution < 1.29 is 13.2 Å². The number of nitrogens with one attached hydrogen (secondary N) is 1. The summed E-state index contributed by atoms with van der Waals surface area (Å²) in [6.45, 7) is 3.59. The highest BCUT2D eigenvalue weighted by molar-refractivity contribution is 5.23. The second kappa shape index (κ2) is 6.05. The number of benzene rings is 1. The summed E-state index contributed by atoms with van der Waals surface area (Å²) in [6.07, 6.45) is 2.67. The third-order valence-electron chi connectivity index (χ3n) is 3.16. The predicted octanol–water partition coefficient (Wildman–Crippen LogP) is 3.91. The number of hydrogen-bond acceptors (Lipinski definition) is 2. The van der Waals surface area contributed by atoms with Gasteiger partial charge in [0, 0.05) is 29.9 Å². The summed E-state index contributed by atoms with van der Waals surface area (Å²) in [5.41, 5.74) is 1.03. The molecule has 20 heavy (non-hydrogen) atoms. The molecule has 0 amide bonds. The molecular weight excluding hydrogens is 265 g/mol. The van der Waals surface area contributed by atoms with Crippen molar-refractivity contribution in [1.29, 1.82) is 0 Å². The third kappa shape index (κ3) is 3.36.